The fourth-order valence-corrected chi connectivity index (χ4v) is 2.41. The second-order valence-electron chi connectivity index (χ2n) is 5.21. The first-order valence-electron chi connectivity index (χ1n) is 7.26. The Morgan fingerprint density at radius 1 is 1.29 bits per heavy atom. The molecule has 0 amide bonds. The van der Waals surface area contributed by atoms with Crippen LogP contribution in [0.3, 0.4) is 0 Å². The highest BCUT2D eigenvalue weighted by Crippen LogP contribution is 2.32. The Bertz CT molecular complexity index is 770. The first-order chi connectivity index (χ1) is 11.6. The van der Waals surface area contributed by atoms with Crippen molar-refractivity contribution in [1.82, 2.24) is 4.98 Å². The summed E-state index contributed by atoms with van der Waals surface area (Å²) in [7, 11) is 2.94. The number of fused-ring (bicyclic) bond motifs is 1. The van der Waals surface area contributed by atoms with E-state index in [4.69, 9.17) is 18.9 Å². The molecule has 1 atom stereocenters. The molecule has 0 aliphatic carbocycles. The Morgan fingerprint density at radius 3 is 2.79 bits per heavy atom. The number of carbonyl (C=O) groups is 2. The van der Waals surface area contributed by atoms with Gasteiger partial charge in [0, 0.05) is 0 Å². The van der Waals surface area contributed by atoms with Crippen molar-refractivity contribution in [2.24, 2.45) is 7.05 Å². The predicted molar refractivity (Wildman–Crippen MR) is 79.1 cm³/mol. The summed E-state index contributed by atoms with van der Waals surface area (Å²) in [5, 5.41) is 0. The van der Waals surface area contributed by atoms with Crippen LogP contribution in [0.2, 0.25) is 0 Å². The van der Waals surface area contributed by atoms with Gasteiger partial charge in [0.25, 0.3) is 11.7 Å². The summed E-state index contributed by atoms with van der Waals surface area (Å²) in [6.07, 6.45) is 3.31. The quantitative estimate of drug-likeness (QED) is 0.489. The molecule has 0 radical (unpaired) electrons. The molecule has 1 aliphatic rings. The molecule has 1 N–H and O–H groups in total. The van der Waals surface area contributed by atoms with Gasteiger partial charge in [0.15, 0.2) is 11.5 Å². The number of carbonyl (C=O) groups excluding carboxylic acids is 2. The van der Waals surface area contributed by atoms with Crippen molar-refractivity contribution in [2.75, 3.05) is 13.9 Å². The zero-order chi connectivity index (χ0) is 17.1. The molecule has 1 aliphatic heterocycles. The molecule has 1 aromatic heterocycles. The maximum atomic E-state index is 12.4. The Morgan fingerprint density at radius 2 is 2.08 bits per heavy atom. The van der Waals surface area contributed by atoms with E-state index in [1.54, 1.807) is 42.2 Å². The first-order valence-corrected chi connectivity index (χ1v) is 7.26. The zero-order valence-corrected chi connectivity index (χ0v) is 13.3. The normalized spacial score (nSPS) is 13.4. The molecule has 1 unspecified atom stereocenters. The molecule has 0 saturated heterocycles. The molecule has 1 aromatic carbocycles. The average molecular weight is 333 g/mol. The summed E-state index contributed by atoms with van der Waals surface area (Å²) in [6, 6.07) is 5.24. The van der Waals surface area contributed by atoms with Crippen LogP contribution in [0.1, 0.15) is 17.3 Å². The number of methoxy groups -OCH3 is 1. The second kappa shape index (κ2) is 6.61. The molecular formula is C16H17N2O6+. The van der Waals surface area contributed by atoms with Gasteiger partial charge in [-0.15, -0.1) is 0 Å². The lowest BCUT2D eigenvalue weighted by molar-refractivity contribution is -0.678. The minimum Gasteiger partial charge on any atom is -0.468 e. The molecule has 2 aromatic rings. The summed E-state index contributed by atoms with van der Waals surface area (Å²) in [4.78, 5) is 27.2. The van der Waals surface area contributed by atoms with Crippen LogP contribution in [-0.4, -0.2) is 30.8 Å². The van der Waals surface area contributed by atoms with E-state index in [9.17, 15) is 9.59 Å². The summed E-state index contributed by atoms with van der Waals surface area (Å²) in [5.74, 6) is -0.928. The molecule has 0 bridgehead atoms. The number of aryl methyl sites for hydroxylation is 1. The number of nitrogens with one attached hydrogen (secondary N) is 1. The van der Waals surface area contributed by atoms with Gasteiger partial charge in [0.2, 0.25) is 6.79 Å². The van der Waals surface area contributed by atoms with Crippen molar-refractivity contribution < 1.29 is 33.1 Å². The van der Waals surface area contributed by atoms with E-state index in [1.165, 1.54) is 7.11 Å². The fourth-order valence-electron chi connectivity index (χ4n) is 2.41. The molecular weight excluding hydrogens is 316 g/mol. The van der Waals surface area contributed by atoms with Gasteiger partial charge >= 0.3 is 11.9 Å². The van der Waals surface area contributed by atoms with Crippen LogP contribution in [0.15, 0.2) is 30.6 Å². The first kappa shape index (κ1) is 15.9. The second-order valence-corrected chi connectivity index (χ2v) is 5.21. The number of rotatable bonds is 5. The third kappa shape index (κ3) is 3.03. The monoisotopic (exact) mass is 333 g/mol. The molecule has 126 valence electrons. The molecule has 8 nitrogen and oxygen atoms in total. The van der Waals surface area contributed by atoms with E-state index in [1.807, 2.05) is 0 Å². The number of aromatic nitrogens is 2. The van der Waals surface area contributed by atoms with Crippen LogP contribution >= 0.6 is 0 Å². The summed E-state index contributed by atoms with van der Waals surface area (Å²) in [5.41, 5.74) is 0.729. The highest BCUT2D eigenvalue weighted by Gasteiger charge is 2.38. The summed E-state index contributed by atoms with van der Waals surface area (Å²) in [6.45, 7) is 0.180. The predicted octanol–water partition coefficient (Wildman–Crippen LogP) is 0.568. The van der Waals surface area contributed by atoms with Crippen molar-refractivity contribution in [3.05, 3.63) is 42.0 Å². The Balaban J connectivity index is 1.72. The molecule has 8 heteroatoms. The van der Waals surface area contributed by atoms with E-state index in [2.05, 4.69) is 4.98 Å². The van der Waals surface area contributed by atoms with E-state index >= 15 is 0 Å². The number of esters is 2. The lowest BCUT2D eigenvalue weighted by Crippen LogP contribution is -2.38. The molecule has 0 spiro atoms. The van der Waals surface area contributed by atoms with Crippen molar-refractivity contribution in [2.45, 2.75) is 12.5 Å². The zero-order valence-electron chi connectivity index (χ0n) is 13.3. The molecule has 3 rings (SSSR count). The number of nitrogens with zero attached hydrogens (tertiary/aromatic N) is 1. The van der Waals surface area contributed by atoms with Crippen LogP contribution in [0.4, 0.5) is 0 Å². The third-order valence-corrected chi connectivity index (χ3v) is 3.67. The summed E-state index contributed by atoms with van der Waals surface area (Å²) >= 11 is 0. The minimum atomic E-state index is -1.18. The van der Waals surface area contributed by atoms with Crippen molar-refractivity contribution in [3.63, 3.8) is 0 Å². The van der Waals surface area contributed by atoms with E-state index < -0.39 is 17.9 Å². The molecule has 0 fully saturated rings. The Hall–Kier alpha value is -3.03. The van der Waals surface area contributed by atoms with Gasteiger partial charge in [-0.3, -0.25) is 9.59 Å². The smallest absolute Gasteiger partial charge is 0.333 e. The number of benzene rings is 1. The maximum Gasteiger partial charge on any atom is 0.333 e. The van der Waals surface area contributed by atoms with Crippen molar-refractivity contribution in [1.29, 1.82) is 0 Å². The number of aromatic amines is 1. The van der Waals surface area contributed by atoms with Gasteiger partial charge in [-0.05, 0) is 17.7 Å². The largest absolute Gasteiger partial charge is 0.468 e. The van der Waals surface area contributed by atoms with Gasteiger partial charge in [-0.1, -0.05) is 6.07 Å². The number of ether oxygens (including phenoxy) is 4. The SMILES string of the molecule is COC(=O)C(C(=O)OCc1ccc2c(c1)OCO2)c1[nH]cc[n+]1C. The van der Waals surface area contributed by atoms with Crippen LogP contribution < -0.4 is 14.0 Å². The average Bonchev–Trinajstić information content (AvgIpc) is 3.21. The van der Waals surface area contributed by atoms with Crippen molar-refractivity contribution in [3.8, 4) is 11.5 Å². The van der Waals surface area contributed by atoms with Crippen molar-refractivity contribution >= 4 is 11.9 Å². The van der Waals surface area contributed by atoms with Gasteiger partial charge in [-0.25, -0.2) is 9.55 Å². The Labute approximate surface area is 137 Å². The minimum absolute atomic E-state index is 0.00733. The van der Waals surface area contributed by atoms with Gasteiger partial charge in [-0.2, -0.15) is 0 Å². The van der Waals surface area contributed by atoms with Crippen LogP contribution in [0.5, 0.6) is 11.5 Å². The Kier molecular flexibility index (Phi) is 4.37. The van der Waals surface area contributed by atoms with Gasteiger partial charge in [0.1, 0.15) is 19.0 Å². The van der Waals surface area contributed by atoms with Gasteiger partial charge < -0.3 is 18.9 Å². The standard InChI is InChI=1S/C16H16N2O6/c1-18-6-5-17-14(18)13(15(19)21-2)16(20)22-8-10-3-4-11-12(7-10)24-9-23-11/h3-7,13H,8-9H2,1-2H3/p+1. The number of imidazole rings is 1. The van der Waals surface area contributed by atoms with Crippen LogP contribution in [0.25, 0.3) is 0 Å². The number of H-pyrrole nitrogens is 1. The molecule has 0 saturated carbocycles. The fraction of sp³-hybridized carbons (Fsp3) is 0.312. The maximum absolute atomic E-state index is 12.4. The van der Waals surface area contributed by atoms with Gasteiger partial charge in [0.05, 0.1) is 14.2 Å². The lowest BCUT2D eigenvalue weighted by atomic mass is 10.1. The molecule has 2 heterocycles. The highest BCUT2D eigenvalue weighted by molar-refractivity contribution is 5.99. The van der Waals surface area contributed by atoms with E-state index in [0.29, 0.717) is 17.3 Å². The number of hydrogen-bond donors (Lipinski definition) is 1. The summed E-state index contributed by atoms with van der Waals surface area (Å²) < 4.78 is 22.1. The number of hydrogen-bond acceptors (Lipinski definition) is 6. The third-order valence-electron chi connectivity index (χ3n) is 3.67. The molecule has 24 heavy (non-hydrogen) atoms. The van der Waals surface area contributed by atoms with E-state index in [-0.39, 0.29) is 13.4 Å². The highest BCUT2D eigenvalue weighted by atomic mass is 16.7. The lowest BCUT2D eigenvalue weighted by Gasteiger charge is -2.11. The van der Waals surface area contributed by atoms with E-state index in [0.717, 1.165) is 5.56 Å². The topological polar surface area (TPSA) is 90.7 Å². The van der Waals surface area contributed by atoms with Crippen LogP contribution in [0, 0.1) is 0 Å². The van der Waals surface area contributed by atoms with Crippen LogP contribution in [-0.2, 0) is 32.7 Å².